The number of benzene rings is 1. The molecule has 0 spiro atoms. The van der Waals surface area contributed by atoms with Gasteiger partial charge in [-0.15, -0.1) is 5.43 Å². The summed E-state index contributed by atoms with van der Waals surface area (Å²) < 4.78 is 0. The molecule has 0 saturated carbocycles. The van der Waals surface area contributed by atoms with E-state index in [1.807, 2.05) is 30.3 Å². The number of rotatable bonds is 1. The smallest absolute Gasteiger partial charge is 0.300 e. The molecule has 1 aliphatic heterocycles. The molecule has 0 aromatic heterocycles. The molecule has 1 fully saturated rings. The molecule has 0 radical (unpaired) electrons. The molecule has 1 saturated heterocycles. The summed E-state index contributed by atoms with van der Waals surface area (Å²) in [6.07, 6.45) is -0.478. The number of para-hydroxylation sites is 1. The van der Waals surface area contributed by atoms with E-state index in [0.29, 0.717) is 5.12 Å². The summed E-state index contributed by atoms with van der Waals surface area (Å²) in [6, 6.07) is 9.42. The Hall–Kier alpha value is -1.59. The van der Waals surface area contributed by atoms with Crippen molar-refractivity contribution in [1.82, 2.24) is 11.0 Å². The molecule has 1 aliphatic rings. The van der Waals surface area contributed by atoms with Gasteiger partial charge in [-0.3, -0.25) is 0 Å². The van der Waals surface area contributed by atoms with Crippen molar-refractivity contribution in [3.8, 4) is 0 Å². The topological polar surface area (TPSA) is 54.8 Å². The SMILES string of the molecule is O=C1N[NH+](c2ccccc2)NO1. The molecule has 5 heteroatoms. The lowest BCUT2D eigenvalue weighted by Crippen LogP contribution is -3.17. The molecule has 1 heterocycles. The highest BCUT2D eigenvalue weighted by molar-refractivity contribution is 5.66. The van der Waals surface area contributed by atoms with Crippen LogP contribution in [0.25, 0.3) is 0 Å². The number of hydrogen-bond donors (Lipinski definition) is 3. The summed E-state index contributed by atoms with van der Waals surface area (Å²) in [5, 5.41) is 0.584. The highest BCUT2D eigenvalue weighted by Crippen LogP contribution is 1.97. The molecule has 5 nitrogen and oxygen atoms in total. The van der Waals surface area contributed by atoms with Gasteiger partial charge in [-0.05, 0) is 0 Å². The largest absolute Gasteiger partial charge is 0.477 e. The maximum atomic E-state index is 10.6. The van der Waals surface area contributed by atoms with Gasteiger partial charge in [0.15, 0.2) is 5.69 Å². The Morgan fingerprint density at radius 1 is 1.25 bits per heavy atom. The molecule has 0 aliphatic carbocycles. The Balaban J connectivity index is 2.16. The summed E-state index contributed by atoms with van der Waals surface area (Å²) in [5.74, 6) is 0. The molecule has 3 N–H and O–H groups in total. The van der Waals surface area contributed by atoms with Gasteiger partial charge in [0.25, 0.3) is 0 Å². The maximum Gasteiger partial charge on any atom is 0.477 e. The normalized spacial score (nSPS) is 21.7. The Bertz CT molecular complexity index is 288. The highest BCUT2D eigenvalue weighted by atomic mass is 16.8. The van der Waals surface area contributed by atoms with Crippen molar-refractivity contribution in [1.29, 1.82) is 0 Å². The fraction of sp³-hybridized carbons (Fsp3) is 0. The molecule has 1 atom stereocenters. The lowest BCUT2D eigenvalue weighted by Gasteiger charge is -2.04. The van der Waals surface area contributed by atoms with Gasteiger partial charge in [0, 0.05) is 17.7 Å². The Morgan fingerprint density at radius 2 is 2.00 bits per heavy atom. The van der Waals surface area contributed by atoms with Crippen LogP contribution in [0, 0.1) is 0 Å². The Kier molecular flexibility index (Phi) is 1.65. The zero-order chi connectivity index (χ0) is 8.39. The molecule has 2 rings (SSSR count). The summed E-state index contributed by atoms with van der Waals surface area (Å²) in [7, 11) is 0. The van der Waals surface area contributed by atoms with Crippen molar-refractivity contribution >= 4 is 11.8 Å². The van der Waals surface area contributed by atoms with Gasteiger partial charge in [-0.1, -0.05) is 23.3 Å². The second kappa shape index (κ2) is 2.80. The van der Waals surface area contributed by atoms with Crippen molar-refractivity contribution < 1.29 is 14.8 Å². The minimum atomic E-state index is -0.478. The minimum absolute atomic E-state index is 0.478. The molecular formula is C7H8N3O2+. The van der Waals surface area contributed by atoms with Gasteiger partial charge < -0.3 is 4.84 Å². The van der Waals surface area contributed by atoms with Gasteiger partial charge in [-0.2, -0.15) is 0 Å². The number of quaternary nitrogens is 1. The van der Waals surface area contributed by atoms with Crippen molar-refractivity contribution in [2.24, 2.45) is 0 Å². The second-order valence-electron chi connectivity index (χ2n) is 2.36. The first-order valence-electron chi connectivity index (χ1n) is 3.52. The zero-order valence-electron chi connectivity index (χ0n) is 6.20. The summed E-state index contributed by atoms with van der Waals surface area (Å²) in [5.41, 5.74) is 5.89. The van der Waals surface area contributed by atoms with E-state index in [1.54, 1.807) is 0 Å². The van der Waals surface area contributed by atoms with Crippen LogP contribution >= 0.6 is 0 Å². The molecule has 1 amide bonds. The molecule has 12 heavy (non-hydrogen) atoms. The van der Waals surface area contributed by atoms with Crippen molar-refractivity contribution in [3.05, 3.63) is 30.3 Å². The number of nitrogens with one attached hydrogen (secondary N) is 3. The predicted molar refractivity (Wildman–Crippen MR) is 39.8 cm³/mol. The van der Waals surface area contributed by atoms with Crippen LogP contribution in [0.3, 0.4) is 0 Å². The van der Waals surface area contributed by atoms with Crippen molar-refractivity contribution in [3.63, 3.8) is 0 Å². The average Bonchev–Trinajstić information content (AvgIpc) is 2.54. The average molecular weight is 166 g/mol. The van der Waals surface area contributed by atoms with E-state index in [2.05, 4.69) is 15.9 Å². The number of carbonyl (C=O) groups excluding carboxylic acids is 1. The van der Waals surface area contributed by atoms with Crippen LogP contribution in [0.2, 0.25) is 0 Å². The predicted octanol–water partition coefficient (Wildman–Crippen LogP) is -0.723. The van der Waals surface area contributed by atoms with E-state index in [0.717, 1.165) is 5.69 Å². The first-order chi connectivity index (χ1) is 5.86. The molecule has 0 bridgehead atoms. The third-order valence-electron chi connectivity index (χ3n) is 1.54. The van der Waals surface area contributed by atoms with E-state index < -0.39 is 6.09 Å². The fourth-order valence-corrected chi connectivity index (χ4v) is 0.986. The molecular weight excluding hydrogens is 158 g/mol. The Labute approximate surface area is 68.8 Å². The van der Waals surface area contributed by atoms with Crippen LogP contribution in [-0.4, -0.2) is 6.09 Å². The molecule has 1 aromatic carbocycles. The molecule has 1 unspecified atom stereocenters. The van der Waals surface area contributed by atoms with Gasteiger partial charge in [-0.25, -0.2) is 4.79 Å². The summed E-state index contributed by atoms with van der Waals surface area (Å²) >= 11 is 0. The minimum Gasteiger partial charge on any atom is -0.300 e. The van der Waals surface area contributed by atoms with Gasteiger partial charge >= 0.3 is 6.09 Å². The standard InChI is InChI=1S/C7H7N3O2/c11-7-8-10(9-12-7)6-4-2-1-3-5-6/h1-5,9H,(H,8,11)/p+1. The first kappa shape index (κ1) is 7.08. The van der Waals surface area contributed by atoms with E-state index in [9.17, 15) is 4.79 Å². The van der Waals surface area contributed by atoms with Crippen LogP contribution in [0.1, 0.15) is 0 Å². The van der Waals surface area contributed by atoms with Crippen LogP contribution < -0.4 is 16.1 Å². The van der Waals surface area contributed by atoms with E-state index in [4.69, 9.17) is 0 Å². The third-order valence-corrected chi connectivity index (χ3v) is 1.54. The van der Waals surface area contributed by atoms with Crippen molar-refractivity contribution in [2.45, 2.75) is 0 Å². The quantitative estimate of drug-likeness (QED) is 0.516. The maximum absolute atomic E-state index is 10.6. The van der Waals surface area contributed by atoms with Crippen LogP contribution in [-0.2, 0) is 4.84 Å². The van der Waals surface area contributed by atoms with E-state index in [-0.39, 0.29) is 0 Å². The molecule has 1 aromatic rings. The lowest BCUT2D eigenvalue weighted by atomic mass is 10.3. The van der Waals surface area contributed by atoms with Crippen molar-refractivity contribution in [2.75, 3.05) is 0 Å². The van der Waals surface area contributed by atoms with Gasteiger partial charge in [0.1, 0.15) is 0 Å². The van der Waals surface area contributed by atoms with Crippen LogP contribution in [0.5, 0.6) is 0 Å². The van der Waals surface area contributed by atoms with Gasteiger partial charge in [0.2, 0.25) is 0 Å². The lowest BCUT2D eigenvalue weighted by molar-refractivity contribution is -0.925. The van der Waals surface area contributed by atoms with Gasteiger partial charge in [0.05, 0.1) is 0 Å². The summed E-state index contributed by atoms with van der Waals surface area (Å²) in [4.78, 5) is 15.1. The third kappa shape index (κ3) is 1.23. The molecule has 62 valence electrons. The number of carbonyl (C=O) groups is 1. The monoisotopic (exact) mass is 166 g/mol. The fourth-order valence-electron chi connectivity index (χ4n) is 0.986. The second-order valence-corrected chi connectivity index (χ2v) is 2.36. The van der Waals surface area contributed by atoms with E-state index >= 15 is 0 Å². The summed E-state index contributed by atoms with van der Waals surface area (Å²) in [6.45, 7) is 0. The van der Waals surface area contributed by atoms with Crippen LogP contribution in [0.15, 0.2) is 30.3 Å². The zero-order valence-corrected chi connectivity index (χ0v) is 6.20. The highest BCUT2D eigenvalue weighted by Gasteiger charge is 2.25. The Morgan fingerprint density at radius 3 is 2.58 bits per heavy atom. The number of amides is 1. The van der Waals surface area contributed by atoms with Crippen LogP contribution in [0.4, 0.5) is 10.5 Å². The number of hydrogen-bond acceptors (Lipinski definition) is 3. The first-order valence-corrected chi connectivity index (χ1v) is 3.52. The van der Waals surface area contributed by atoms with E-state index in [1.165, 1.54) is 0 Å².